The van der Waals surface area contributed by atoms with Crippen LogP contribution in [0.5, 0.6) is 0 Å². The molecular weight excluding hydrogens is 302 g/mol. The van der Waals surface area contributed by atoms with Crippen LogP contribution in [0.25, 0.3) is 0 Å². The number of unbranched alkanes of at least 4 members (excludes halogenated alkanes) is 2. The van der Waals surface area contributed by atoms with Gasteiger partial charge in [0.25, 0.3) is 0 Å². The van der Waals surface area contributed by atoms with Crippen molar-refractivity contribution in [2.24, 2.45) is 0 Å². The van der Waals surface area contributed by atoms with Crippen molar-refractivity contribution in [3.8, 4) is 0 Å². The molecule has 0 amide bonds. The highest BCUT2D eigenvalue weighted by molar-refractivity contribution is 8.18. The fraction of sp³-hybridized carbons (Fsp3) is 0.400. The van der Waals surface area contributed by atoms with Gasteiger partial charge in [-0.1, -0.05) is 91.8 Å². The van der Waals surface area contributed by atoms with Crippen LogP contribution in [-0.2, 0) is 12.8 Å². The van der Waals surface area contributed by atoms with Gasteiger partial charge in [-0.3, -0.25) is 0 Å². The number of aryl methyl sites for hydroxylation is 2. The molecule has 0 aromatic heterocycles. The molecule has 0 aliphatic rings. The lowest BCUT2D eigenvalue weighted by atomic mass is 10.1. The van der Waals surface area contributed by atoms with Gasteiger partial charge in [-0.05, 0) is 47.4 Å². The molecule has 0 saturated carbocycles. The van der Waals surface area contributed by atoms with Crippen LogP contribution in [0.2, 0.25) is 0 Å². The maximum Gasteiger partial charge on any atom is -0.0195 e. The normalized spacial score (nSPS) is 11.9. The molecule has 0 N–H and O–H groups in total. The minimum absolute atomic E-state index is 0.921. The zero-order valence-corrected chi connectivity index (χ0v) is 15.9. The summed E-state index contributed by atoms with van der Waals surface area (Å²) in [5, 5.41) is 3.17. The van der Waals surface area contributed by atoms with E-state index in [1.54, 1.807) is 21.7 Å². The van der Waals surface area contributed by atoms with Crippen molar-refractivity contribution in [1.82, 2.24) is 0 Å². The molecule has 0 bridgehead atoms. The molecule has 2 heteroatoms. The predicted molar refractivity (Wildman–Crippen MR) is 106 cm³/mol. The van der Waals surface area contributed by atoms with Crippen LogP contribution in [-0.4, -0.2) is 0 Å². The molecule has 0 heterocycles. The minimum Gasteiger partial charge on any atom is -0.0654 e. The Kier molecular flexibility index (Phi) is 8.14. The van der Waals surface area contributed by atoms with Crippen LogP contribution in [0.3, 0.4) is 0 Å². The molecule has 0 nitrogen and oxygen atoms in total. The first kappa shape index (κ1) is 17.7. The lowest BCUT2D eigenvalue weighted by Gasteiger charge is -2.12. The highest BCUT2D eigenvalue weighted by Gasteiger charge is 2.05. The molecule has 2 unspecified atom stereocenters. The van der Waals surface area contributed by atoms with E-state index in [2.05, 4.69) is 62.4 Å². The van der Waals surface area contributed by atoms with Gasteiger partial charge < -0.3 is 0 Å². The first-order valence-corrected chi connectivity index (χ1v) is 11.5. The van der Waals surface area contributed by atoms with Gasteiger partial charge in [0.15, 0.2) is 0 Å². The van der Waals surface area contributed by atoms with Gasteiger partial charge in [-0.2, -0.15) is 0 Å². The van der Waals surface area contributed by atoms with Crippen LogP contribution < -0.4 is 10.6 Å². The second-order valence-corrected chi connectivity index (χ2v) is 8.85. The third-order valence-corrected chi connectivity index (χ3v) is 7.60. The molecule has 0 aliphatic carbocycles. The summed E-state index contributed by atoms with van der Waals surface area (Å²) in [7, 11) is 1.84. The highest BCUT2D eigenvalue weighted by Crippen LogP contribution is 2.37. The monoisotopic (exact) mass is 330 g/mol. The van der Waals surface area contributed by atoms with Crippen molar-refractivity contribution < 1.29 is 0 Å². The van der Waals surface area contributed by atoms with E-state index in [1.165, 1.54) is 38.5 Å². The Hall–Kier alpha value is -0.700. The molecule has 2 rings (SSSR count). The van der Waals surface area contributed by atoms with E-state index >= 15 is 0 Å². The van der Waals surface area contributed by atoms with Gasteiger partial charge in [0, 0.05) is 0 Å². The third kappa shape index (κ3) is 5.49. The average Bonchev–Trinajstić information content (AvgIpc) is 2.57. The van der Waals surface area contributed by atoms with Crippen LogP contribution in [0.15, 0.2) is 48.5 Å². The van der Waals surface area contributed by atoms with Gasteiger partial charge in [0.05, 0.1) is 0 Å². The molecule has 2 aromatic carbocycles. The largest absolute Gasteiger partial charge is 0.0654 e. The van der Waals surface area contributed by atoms with Gasteiger partial charge >= 0.3 is 0 Å². The molecule has 0 spiro atoms. The maximum atomic E-state index is 2.34. The van der Waals surface area contributed by atoms with Crippen molar-refractivity contribution >= 4 is 27.1 Å². The van der Waals surface area contributed by atoms with Crippen molar-refractivity contribution in [1.29, 1.82) is 0 Å². The van der Waals surface area contributed by atoms with Crippen LogP contribution >= 0.6 is 16.5 Å². The van der Waals surface area contributed by atoms with Gasteiger partial charge in [0.1, 0.15) is 0 Å². The Bertz CT molecular complexity index is 512. The third-order valence-electron chi connectivity index (χ3n) is 3.97. The molecule has 0 saturated heterocycles. The second kappa shape index (κ2) is 10.1. The first-order chi connectivity index (χ1) is 10.8. The number of rotatable bonds is 9. The van der Waals surface area contributed by atoms with E-state index in [0.29, 0.717) is 0 Å². The zero-order valence-electron chi connectivity index (χ0n) is 13.9. The summed E-state index contributed by atoms with van der Waals surface area (Å²) >= 11 is 0. The highest BCUT2D eigenvalue weighted by atomic mass is 32.0. The number of hydrogen-bond donors (Lipinski definition) is 0. The summed E-state index contributed by atoms with van der Waals surface area (Å²) in [6, 6.07) is 18.1. The fourth-order valence-corrected chi connectivity index (χ4v) is 6.23. The van der Waals surface area contributed by atoms with Gasteiger partial charge in [-0.25, -0.2) is 0 Å². The summed E-state index contributed by atoms with van der Waals surface area (Å²) < 4.78 is 0. The molecular formula is C20H28P2. The summed E-state index contributed by atoms with van der Waals surface area (Å²) in [5.41, 5.74) is 3.14. The molecule has 2 aromatic rings. The van der Waals surface area contributed by atoms with E-state index in [0.717, 1.165) is 16.5 Å². The van der Waals surface area contributed by atoms with E-state index in [-0.39, 0.29) is 0 Å². The van der Waals surface area contributed by atoms with Crippen LogP contribution in [0.4, 0.5) is 0 Å². The van der Waals surface area contributed by atoms with Crippen molar-refractivity contribution in [3.63, 3.8) is 0 Å². The molecule has 118 valence electrons. The lowest BCUT2D eigenvalue weighted by Crippen LogP contribution is -2.06. The van der Waals surface area contributed by atoms with Gasteiger partial charge in [0.2, 0.25) is 0 Å². The number of hydrogen-bond acceptors (Lipinski definition) is 0. The summed E-state index contributed by atoms with van der Waals surface area (Å²) in [4.78, 5) is 0. The van der Waals surface area contributed by atoms with E-state index in [1.807, 2.05) is 0 Å². The molecule has 0 aliphatic heterocycles. The predicted octanol–water partition coefficient (Wildman–Crippen LogP) is 5.59. The lowest BCUT2D eigenvalue weighted by molar-refractivity contribution is 0.798. The van der Waals surface area contributed by atoms with Crippen molar-refractivity contribution in [2.75, 3.05) is 0 Å². The average molecular weight is 330 g/mol. The zero-order chi connectivity index (χ0) is 15.6. The maximum absolute atomic E-state index is 2.34. The number of benzene rings is 2. The Balaban J connectivity index is 2.04. The fourth-order valence-electron chi connectivity index (χ4n) is 2.59. The smallest absolute Gasteiger partial charge is 0.0195 e. The topological polar surface area (TPSA) is 0 Å². The Morgan fingerprint density at radius 2 is 1.05 bits per heavy atom. The molecule has 2 atom stereocenters. The summed E-state index contributed by atoms with van der Waals surface area (Å²) in [5.74, 6) is 0. The Labute approximate surface area is 139 Å². The van der Waals surface area contributed by atoms with Crippen LogP contribution in [0.1, 0.15) is 50.7 Å². The summed E-state index contributed by atoms with van der Waals surface area (Å²) in [6.45, 7) is 4.55. The van der Waals surface area contributed by atoms with Crippen LogP contribution in [0, 0.1) is 0 Å². The Morgan fingerprint density at radius 1 is 0.636 bits per heavy atom. The molecule has 22 heavy (non-hydrogen) atoms. The Morgan fingerprint density at radius 3 is 1.45 bits per heavy atom. The van der Waals surface area contributed by atoms with E-state index in [9.17, 15) is 0 Å². The quantitative estimate of drug-likeness (QED) is 0.525. The second-order valence-electron chi connectivity index (χ2n) is 5.77. The minimum atomic E-state index is 0.921. The molecule has 0 fully saturated rings. The SMILES string of the molecule is CCCCc1ccccc1PPc1ccccc1CCCC. The first-order valence-electron chi connectivity index (χ1n) is 8.53. The van der Waals surface area contributed by atoms with Crippen molar-refractivity contribution in [2.45, 2.75) is 52.4 Å². The van der Waals surface area contributed by atoms with E-state index < -0.39 is 0 Å². The molecule has 0 radical (unpaired) electrons. The summed E-state index contributed by atoms with van der Waals surface area (Å²) in [6.07, 6.45) is 7.64. The van der Waals surface area contributed by atoms with E-state index in [4.69, 9.17) is 0 Å². The van der Waals surface area contributed by atoms with Gasteiger partial charge in [-0.15, -0.1) is 0 Å². The van der Waals surface area contributed by atoms with Crippen molar-refractivity contribution in [3.05, 3.63) is 59.7 Å². The standard InChI is InChI=1S/C20H28P2/c1-3-5-11-17-13-7-9-15-19(17)21-22-20-16-10-8-14-18(20)12-6-4-2/h7-10,13-16,21-22H,3-6,11-12H2,1-2H3.